The van der Waals surface area contributed by atoms with Crippen molar-refractivity contribution in [3.63, 3.8) is 0 Å². The van der Waals surface area contributed by atoms with Gasteiger partial charge in [-0.2, -0.15) is 0 Å². The number of rotatable bonds is 9. The van der Waals surface area contributed by atoms with Crippen molar-refractivity contribution in [1.29, 1.82) is 0 Å². The van der Waals surface area contributed by atoms with E-state index in [0.717, 1.165) is 51.7 Å². The van der Waals surface area contributed by atoms with E-state index in [9.17, 15) is 0 Å². The number of thiophene rings is 1. The van der Waals surface area contributed by atoms with Crippen LogP contribution in [-0.2, 0) is 31.3 Å². The normalized spacial score (nSPS) is 26.4. The van der Waals surface area contributed by atoms with E-state index in [2.05, 4.69) is 54.0 Å². The van der Waals surface area contributed by atoms with Gasteiger partial charge in [-0.1, -0.05) is 26.7 Å². The van der Waals surface area contributed by atoms with Gasteiger partial charge in [0.05, 0.1) is 25.4 Å². The highest BCUT2D eigenvalue weighted by Gasteiger charge is 2.49. The number of hydrogen-bond acceptors (Lipinski definition) is 5. The molecule has 3 heterocycles. The van der Waals surface area contributed by atoms with Crippen molar-refractivity contribution in [1.82, 2.24) is 0 Å². The predicted octanol–water partition coefficient (Wildman–Crippen LogP) is 6.37. The summed E-state index contributed by atoms with van der Waals surface area (Å²) in [6, 6.07) is 4.57. The molecule has 4 rings (SSSR count). The van der Waals surface area contributed by atoms with Gasteiger partial charge in [0.15, 0.2) is 5.79 Å². The number of unbranched alkanes of at least 4 members (excludes halogenated alkanes) is 2. The molecule has 0 saturated carbocycles. The molecule has 0 unspecified atom stereocenters. The third-order valence-electron chi connectivity index (χ3n) is 5.80. The van der Waals surface area contributed by atoms with Crippen molar-refractivity contribution in [2.24, 2.45) is 0 Å². The molecule has 4 nitrogen and oxygen atoms in total. The van der Waals surface area contributed by atoms with Gasteiger partial charge in [-0.05, 0) is 53.1 Å². The second kappa shape index (κ2) is 9.92. The molecule has 1 fully saturated rings. The van der Waals surface area contributed by atoms with E-state index in [1.807, 2.05) is 0 Å². The molecule has 6 heteroatoms. The lowest BCUT2D eigenvalue weighted by Gasteiger charge is -2.42. The van der Waals surface area contributed by atoms with Crippen molar-refractivity contribution in [2.45, 2.75) is 77.0 Å². The maximum Gasteiger partial charge on any atom is 0.198 e. The fraction of sp³-hybridized carbons (Fsp3) is 0.652. The van der Waals surface area contributed by atoms with Gasteiger partial charge in [-0.25, -0.2) is 0 Å². The van der Waals surface area contributed by atoms with E-state index in [1.165, 1.54) is 24.8 Å². The number of hydrogen-bond donors (Lipinski definition) is 0. The zero-order chi connectivity index (χ0) is 20.3. The molecule has 2 aromatic rings. The maximum absolute atomic E-state index is 6.62. The molecule has 160 valence electrons. The lowest BCUT2D eigenvalue weighted by Crippen LogP contribution is -2.46. The molecule has 0 N–H and O–H groups in total. The first-order valence-electron chi connectivity index (χ1n) is 10.9. The fourth-order valence-electron chi connectivity index (χ4n) is 4.22. The predicted molar refractivity (Wildman–Crippen MR) is 125 cm³/mol. The minimum atomic E-state index is -0.706. The maximum atomic E-state index is 6.62. The highest BCUT2D eigenvalue weighted by atomic mass is 127. The highest BCUT2D eigenvalue weighted by Crippen LogP contribution is 2.48. The molecule has 0 radical (unpaired) electrons. The van der Waals surface area contributed by atoms with Gasteiger partial charge in [-0.3, -0.25) is 0 Å². The van der Waals surface area contributed by atoms with Gasteiger partial charge >= 0.3 is 0 Å². The fourth-order valence-corrected chi connectivity index (χ4v) is 6.10. The lowest BCUT2D eigenvalue weighted by atomic mass is 9.91. The Morgan fingerprint density at radius 2 is 2.03 bits per heavy atom. The summed E-state index contributed by atoms with van der Waals surface area (Å²) in [5.74, 6) is -0.706. The Bertz CT molecular complexity index is 823. The molecule has 1 saturated heterocycles. The summed E-state index contributed by atoms with van der Waals surface area (Å²) in [7, 11) is 0. The molecular formula is C23H31IO4S. The summed E-state index contributed by atoms with van der Waals surface area (Å²) < 4.78 is 27.8. The van der Waals surface area contributed by atoms with Crippen molar-refractivity contribution in [3.8, 4) is 0 Å². The minimum absolute atomic E-state index is 0.00423. The minimum Gasteiger partial charge on any atom is -0.379 e. The molecule has 1 aromatic carbocycles. The van der Waals surface area contributed by atoms with Crippen LogP contribution in [-0.4, -0.2) is 32.0 Å². The van der Waals surface area contributed by atoms with Crippen molar-refractivity contribution in [3.05, 3.63) is 32.2 Å². The third kappa shape index (κ3) is 4.83. The zero-order valence-electron chi connectivity index (χ0n) is 17.4. The van der Waals surface area contributed by atoms with E-state index in [1.54, 1.807) is 11.3 Å². The standard InChI is InChI=1S/C23H31IO4S/c1-3-5-7-25-14-18-10-17(26-8-6-4-2)12-23(28-18)20-11-19-21(24)15-29-22(19)9-16(20)13-27-23/h9,11,15,17-18H,3-8,10,12-14H2,1-2H3/t17-,18-,23+/m0/s1. The highest BCUT2D eigenvalue weighted by molar-refractivity contribution is 14.1. The van der Waals surface area contributed by atoms with Gasteiger partial charge in [0.25, 0.3) is 0 Å². The molecule has 3 atom stereocenters. The Balaban J connectivity index is 1.57. The zero-order valence-corrected chi connectivity index (χ0v) is 20.4. The summed E-state index contributed by atoms with van der Waals surface area (Å²) >= 11 is 4.22. The van der Waals surface area contributed by atoms with Gasteiger partial charge in [-0.15, -0.1) is 11.3 Å². The number of benzene rings is 1. The largest absolute Gasteiger partial charge is 0.379 e. The van der Waals surface area contributed by atoms with Crippen LogP contribution in [0.5, 0.6) is 0 Å². The van der Waals surface area contributed by atoms with E-state index in [-0.39, 0.29) is 12.2 Å². The van der Waals surface area contributed by atoms with Crippen LogP contribution in [0.15, 0.2) is 17.5 Å². The molecule has 0 amide bonds. The van der Waals surface area contributed by atoms with Crippen molar-refractivity contribution in [2.75, 3.05) is 19.8 Å². The topological polar surface area (TPSA) is 36.9 Å². The Labute approximate surface area is 191 Å². The van der Waals surface area contributed by atoms with Crippen LogP contribution in [0.4, 0.5) is 0 Å². The lowest BCUT2D eigenvalue weighted by molar-refractivity contribution is -0.308. The Kier molecular flexibility index (Phi) is 7.51. The molecule has 1 aromatic heterocycles. The Morgan fingerprint density at radius 3 is 2.86 bits per heavy atom. The number of ether oxygens (including phenoxy) is 4. The number of halogens is 1. The molecular weight excluding hydrogens is 499 g/mol. The summed E-state index contributed by atoms with van der Waals surface area (Å²) in [5.41, 5.74) is 2.43. The SMILES string of the molecule is CCCCOC[C@@H]1C[C@H](OCCCC)C[C@@]2(OCc3cc4scc(I)c4cc32)O1. The van der Waals surface area contributed by atoms with Crippen LogP contribution in [0.3, 0.4) is 0 Å². The second-order valence-corrected chi connectivity index (χ2v) is 10.2. The van der Waals surface area contributed by atoms with E-state index >= 15 is 0 Å². The number of fused-ring (bicyclic) bond motifs is 3. The average Bonchev–Trinajstić information content (AvgIpc) is 3.25. The van der Waals surface area contributed by atoms with Crippen LogP contribution < -0.4 is 0 Å². The van der Waals surface area contributed by atoms with Crippen molar-refractivity contribution < 1.29 is 18.9 Å². The van der Waals surface area contributed by atoms with Gasteiger partial charge in [0.2, 0.25) is 0 Å². The van der Waals surface area contributed by atoms with E-state index in [0.29, 0.717) is 13.2 Å². The summed E-state index contributed by atoms with van der Waals surface area (Å²) in [6.45, 7) is 7.17. The van der Waals surface area contributed by atoms with Crippen LogP contribution in [0.2, 0.25) is 0 Å². The first-order valence-corrected chi connectivity index (χ1v) is 12.8. The van der Waals surface area contributed by atoms with Crippen LogP contribution in [0, 0.1) is 3.57 Å². The van der Waals surface area contributed by atoms with Crippen LogP contribution in [0.1, 0.15) is 63.5 Å². The quantitative estimate of drug-likeness (QED) is 0.279. The molecule has 2 aliphatic heterocycles. The van der Waals surface area contributed by atoms with Crippen LogP contribution >= 0.6 is 33.9 Å². The average molecular weight is 530 g/mol. The smallest absolute Gasteiger partial charge is 0.198 e. The Hall–Kier alpha value is -0.250. The van der Waals surface area contributed by atoms with Crippen LogP contribution in [0.25, 0.3) is 10.1 Å². The van der Waals surface area contributed by atoms with E-state index < -0.39 is 5.79 Å². The second-order valence-electron chi connectivity index (χ2n) is 8.09. The first-order chi connectivity index (χ1) is 14.1. The molecule has 29 heavy (non-hydrogen) atoms. The summed E-state index contributed by atoms with van der Waals surface area (Å²) in [5, 5.41) is 3.52. The molecule has 0 aliphatic carbocycles. The van der Waals surface area contributed by atoms with E-state index in [4.69, 9.17) is 18.9 Å². The molecule has 2 aliphatic rings. The summed E-state index contributed by atoms with van der Waals surface area (Å²) in [6.07, 6.45) is 6.22. The first kappa shape index (κ1) is 22.0. The Morgan fingerprint density at radius 1 is 1.21 bits per heavy atom. The van der Waals surface area contributed by atoms with Gasteiger partial charge < -0.3 is 18.9 Å². The summed E-state index contributed by atoms with van der Waals surface area (Å²) in [4.78, 5) is 0. The van der Waals surface area contributed by atoms with Crippen molar-refractivity contribution >= 4 is 44.0 Å². The van der Waals surface area contributed by atoms with Gasteiger partial charge in [0, 0.05) is 50.7 Å². The third-order valence-corrected chi connectivity index (χ3v) is 8.06. The molecule has 0 bridgehead atoms. The monoisotopic (exact) mass is 530 g/mol. The molecule has 1 spiro atoms. The van der Waals surface area contributed by atoms with Gasteiger partial charge in [0.1, 0.15) is 0 Å².